The first-order valence-corrected chi connectivity index (χ1v) is 7.23. The summed E-state index contributed by atoms with van der Waals surface area (Å²) >= 11 is 0. The van der Waals surface area contributed by atoms with Gasteiger partial charge in [0.05, 0.1) is 19.9 Å². The molecular weight excluding hydrogens is 302 g/mol. The molecule has 0 saturated carbocycles. The van der Waals surface area contributed by atoms with Crippen LogP contribution in [0.4, 0.5) is 5.69 Å². The second-order valence-corrected chi connectivity index (χ2v) is 5.11. The van der Waals surface area contributed by atoms with Crippen molar-refractivity contribution in [3.05, 3.63) is 17.7 Å². The maximum atomic E-state index is 12.6. The molecule has 2 unspecified atom stereocenters. The molecule has 7 heteroatoms. The predicted octanol–water partition coefficient (Wildman–Crippen LogP) is 1.57. The summed E-state index contributed by atoms with van der Waals surface area (Å²) in [6.07, 6.45) is 0.340. The van der Waals surface area contributed by atoms with E-state index in [4.69, 9.17) is 14.2 Å². The van der Waals surface area contributed by atoms with E-state index in [9.17, 15) is 14.4 Å². The van der Waals surface area contributed by atoms with Crippen LogP contribution in [-0.4, -0.2) is 44.5 Å². The van der Waals surface area contributed by atoms with Crippen LogP contribution >= 0.6 is 0 Å². The topological polar surface area (TPSA) is 82.1 Å². The first kappa shape index (κ1) is 16.8. The van der Waals surface area contributed by atoms with Crippen LogP contribution in [0.15, 0.2) is 12.1 Å². The molecule has 7 nitrogen and oxygen atoms in total. The van der Waals surface area contributed by atoms with E-state index in [1.807, 2.05) is 0 Å². The Balaban J connectivity index is 2.65. The summed E-state index contributed by atoms with van der Waals surface area (Å²) in [7, 11) is 2.70. The number of hydrogen-bond acceptors (Lipinski definition) is 6. The molecule has 1 aromatic rings. The Morgan fingerprint density at radius 2 is 2.13 bits per heavy atom. The molecular formula is C16H19NO6. The summed E-state index contributed by atoms with van der Waals surface area (Å²) in [6, 6.07) is 2.17. The molecule has 0 saturated heterocycles. The van der Waals surface area contributed by atoms with Gasteiger partial charge >= 0.3 is 5.97 Å². The van der Waals surface area contributed by atoms with Gasteiger partial charge in [-0.15, -0.1) is 0 Å². The van der Waals surface area contributed by atoms with Crippen LogP contribution in [0.1, 0.15) is 30.6 Å². The van der Waals surface area contributed by atoms with E-state index >= 15 is 0 Å². The van der Waals surface area contributed by atoms with E-state index in [0.29, 0.717) is 35.5 Å². The zero-order chi connectivity index (χ0) is 17.1. The van der Waals surface area contributed by atoms with Crippen molar-refractivity contribution in [1.82, 2.24) is 0 Å². The molecule has 0 aliphatic carbocycles. The van der Waals surface area contributed by atoms with E-state index in [1.54, 1.807) is 13.8 Å². The molecule has 1 aliphatic heterocycles. The second kappa shape index (κ2) is 6.68. The molecule has 0 radical (unpaired) electrons. The molecule has 124 valence electrons. The first-order chi connectivity index (χ1) is 11.0. The number of esters is 1. The monoisotopic (exact) mass is 321 g/mol. The lowest BCUT2D eigenvalue weighted by atomic mass is 10.1. The van der Waals surface area contributed by atoms with Gasteiger partial charge in [0.2, 0.25) is 0 Å². The predicted molar refractivity (Wildman–Crippen MR) is 82.1 cm³/mol. The van der Waals surface area contributed by atoms with Crippen LogP contribution in [0.2, 0.25) is 0 Å². The molecule has 1 aromatic carbocycles. The van der Waals surface area contributed by atoms with Crippen molar-refractivity contribution in [3.8, 4) is 11.5 Å². The van der Waals surface area contributed by atoms with Crippen LogP contribution in [0.5, 0.6) is 11.5 Å². The van der Waals surface area contributed by atoms with Gasteiger partial charge in [-0.3, -0.25) is 14.5 Å². The minimum Gasteiger partial charge on any atom is -0.493 e. The number of fused-ring (bicyclic) bond motifs is 1. The van der Waals surface area contributed by atoms with Crippen molar-refractivity contribution in [2.75, 3.05) is 19.1 Å². The van der Waals surface area contributed by atoms with Gasteiger partial charge in [-0.2, -0.15) is 0 Å². The van der Waals surface area contributed by atoms with Gasteiger partial charge in [0.1, 0.15) is 12.3 Å². The van der Waals surface area contributed by atoms with E-state index < -0.39 is 18.1 Å². The number of rotatable bonds is 5. The summed E-state index contributed by atoms with van der Waals surface area (Å²) in [5.74, 6) is -0.252. The Morgan fingerprint density at radius 3 is 2.65 bits per heavy atom. The number of anilines is 1. The Hall–Kier alpha value is -2.57. The van der Waals surface area contributed by atoms with E-state index in [-0.39, 0.29) is 5.91 Å². The zero-order valence-electron chi connectivity index (χ0n) is 13.5. The van der Waals surface area contributed by atoms with Crippen molar-refractivity contribution in [2.45, 2.75) is 32.4 Å². The minimum atomic E-state index is -0.851. The number of hydrogen-bond donors (Lipinski definition) is 0. The average Bonchev–Trinajstić information content (AvgIpc) is 2.58. The maximum Gasteiger partial charge on any atom is 0.328 e. The van der Waals surface area contributed by atoms with Gasteiger partial charge in [0.25, 0.3) is 5.91 Å². The first-order valence-electron chi connectivity index (χ1n) is 7.23. The number of nitrogens with zero attached hydrogens (tertiary/aromatic N) is 1. The third-order valence-electron chi connectivity index (χ3n) is 3.75. The van der Waals surface area contributed by atoms with Crippen LogP contribution < -0.4 is 14.4 Å². The van der Waals surface area contributed by atoms with Gasteiger partial charge in [0, 0.05) is 5.56 Å². The summed E-state index contributed by atoms with van der Waals surface area (Å²) in [5.41, 5.74) is 0.632. The molecule has 2 atom stereocenters. The van der Waals surface area contributed by atoms with Crippen LogP contribution in [0, 0.1) is 0 Å². The molecule has 2 rings (SSSR count). The number of ether oxygens (including phenoxy) is 3. The van der Waals surface area contributed by atoms with Gasteiger partial charge in [0.15, 0.2) is 17.6 Å². The Bertz CT molecular complexity index is 642. The van der Waals surface area contributed by atoms with E-state index in [0.717, 1.165) is 0 Å². The maximum absolute atomic E-state index is 12.6. The van der Waals surface area contributed by atoms with Crippen LogP contribution in [0.3, 0.4) is 0 Å². The third kappa shape index (κ3) is 2.86. The van der Waals surface area contributed by atoms with Gasteiger partial charge in [-0.1, -0.05) is 6.92 Å². The lowest BCUT2D eigenvalue weighted by Crippen LogP contribution is -2.52. The number of carbonyl (C=O) groups excluding carboxylic acids is 3. The molecule has 0 bridgehead atoms. The van der Waals surface area contributed by atoms with Crippen molar-refractivity contribution < 1.29 is 28.6 Å². The highest BCUT2D eigenvalue weighted by Crippen LogP contribution is 2.43. The molecule has 0 N–H and O–H groups in total. The van der Waals surface area contributed by atoms with Crippen molar-refractivity contribution in [1.29, 1.82) is 0 Å². The van der Waals surface area contributed by atoms with Crippen molar-refractivity contribution in [3.63, 3.8) is 0 Å². The molecule has 1 heterocycles. The Morgan fingerprint density at radius 1 is 1.43 bits per heavy atom. The molecule has 0 fully saturated rings. The van der Waals surface area contributed by atoms with Crippen molar-refractivity contribution >= 4 is 23.9 Å². The smallest absolute Gasteiger partial charge is 0.328 e. The lowest BCUT2D eigenvalue weighted by Gasteiger charge is -2.37. The van der Waals surface area contributed by atoms with Gasteiger partial charge in [-0.05, 0) is 25.5 Å². The SMILES string of the molecule is CCC1Oc2c(OC)cc(C=O)cc2N(C(C)C(=O)OC)C1=O. The molecule has 23 heavy (non-hydrogen) atoms. The van der Waals surface area contributed by atoms with Crippen molar-refractivity contribution in [2.24, 2.45) is 0 Å². The normalized spacial score (nSPS) is 17.8. The summed E-state index contributed by atoms with van der Waals surface area (Å²) < 4.78 is 15.7. The largest absolute Gasteiger partial charge is 0.493 e. The molecule has 1 amide bonds. The quantitative estimate of drug-likeness (QED) is 0.605. The van der Waals surface area contributed by atoms with Gasteiger partial charge in [-0.25, -0.2) is 4.79 Å². The number of carbonyl (C=O) groups is 3. The number of methoxy groups -OCH3 is 2. The second-order valence-electron chi connectivity index (χ2n) is 5.11. The van der Waals surface area contributed by atoms with Crippen LogP contribution in [0.25, 0.3) is 0 Å². The molecule has 0 spiro atoms. The standard InChI is InChI=1S/C16H19NO6/c1-5-12-15(19)17(9(2)16(20)22-4)11-6-10(8-18)7-13(21-3)14(11)23-12/h6-9,12H,5H2,1-4H3. The van der Waals surface area contributed by atoms with Gasteiger partial charge < -0.3 is 14.2 Å². The lowest BCUT2D eigenvalue weighted by molar-refractivity contribution is -0.144. The fourth-order valence-electron chi connectivity index (χ4n) is 2.53. The highest BCUT2D eigenvalue weighted by atomic mass is 16.5. The summed E-state index contributed by atoms with van der Waals surface area (Å²) in [6.45, 7) is 3.37. The minimum absolute atomic E-state index is 0.314. The highest BCUT2D eigenvalue weighted by molar-refractivity contribution is 6.05. The molecule has 0 aromatic heterocycles. The summed E-state index contributed by atoms with van der Waals surface area (Å²) in [5, 5.41) is 0. The Kier molecular flexibility index (Phi) is 4.88. The van der Waals surface area contributed by atoms with E-state index in [1.165, 1.54) is 31.3 Å². The average molecular weight is 321 g/mol. The fourth-order valence-corrected chi connectivity index (χ4v) is 2.53. The molecule has 1 aliphatic rings. The third-order valence-corrected chi connectivity index (χ3v) is 3.75. The van der Waals surface area contributed by atoms with E-state index in [2.05, 4.69) is 0 Å². The number of benzene rings is 1. The number of aldehydes is 1. The number of amides is 1. The van der Waals surface area contributed by atoms with Crippen LogP contribution in [-0.2, 0) is 14.3 Å². The highest BCUT2D eigenvalue weighted by Gasteiger charge is 2.40. The fraction of sp³-hybridized carbons (Fsp3) is 0.438. The zero-order valence-corrected chi connectivity index (χ0v) is 13.5. The summed E-state index contributed by atoms with van der Waals surface area (Å²) in [4.78, 5) is 37.0. The Labute approximate surface area is 134 Å².